The lowest BCUT2D eigenvalue weighted by Crippen LogP contribution is -2.30. The predicted molar refractivity (Wildman–Crippen MR) is 102 cm³/mol. The van der Waals surface area contributed by atoms with Crippen molar-refractivity contribution in [2.75, 3.05) is 26.5 Å². The summed E-state index contributed by atoms with van der Waals surface area (Å²) in [6.45, 7) is 0.350. The molecule has 0 N–H and O–H groups in total. The van der Waals surface area contributed by atoms with E-state index in [4.69, 9.17) is 9.47 Å². The molecule has 0 aromatic heterocycles. The Kier molecular flexibility index (Phi) is 5.59. The molecule has 0 radical (unpaired) electrons. The van der Waals surface area contributed by atoms with Crippen molar-refractivity contribution >= 4 is 27.5 Å². The third-order valence-corrected chi connectivity index (χ3v) is 7.47. The van der Waals surface area contributed by atoms with Crippen molar-refractivity contribution in [1.82, 2.24) is 4.31 Å². The minimum absolute atomic E-state index is 0.0288. The average Bonchev–Trinajstić information content (AvgIpc) is 3.18. The zero-order valence-electron chi connectivity index (χ0n) is 14.7. The van der Waals surface area contributed by atoms with E-state index in [0.29, 0.717) is 23.8 Å². The molecule has 1 aliphatic heterocycles. The largest absolute Gasteiger partial charge is 0.493 e. The van der Waals surface area contributed by atoms with Crippen LogP contribution in [-0.2, 0) is 10.0 Å². The summed E-state index contributed by atoms with van der Waals surface area (Å²) in [6, 6.07) is 10.2. The third kappa shape index (κ3) is 3.73. The second-order valence-corrected chi connectivity index (χ2v) is 8.78. The quantitative estimate of drug-likeness (QED) is 0.533. The molecule has 1 saturated heterocycles. The number of benzene rings is 2. The van der Waals surface area contributed by atoms with Crippen molar-refractivity contribution in [3.05, 3.63) is 58.1 Å². The molecule has 2 aromatic carbocycles. The first-order valence-electron chi connectivity index (χ1n) is 7.98. The van der Waals surface area contributed by atoms with E-state index in [1.807, 2.05) is 6.07 Å². The van der Waals surface area contributed by atoms with Crippen molar-refractivity contribution in [2.45, 2.75) is 10.3 Å². The highest BCUT2D eigenvalue weighted by Crippen LogP contribution is 2.43. The predicted octanol–water partition coefficient (Wildman–Crippen LogP) is 3.05. The maximum atomic E-state index is 13.1. The van der Waals surface area contributed by atoms with E-state index >= 15 is 0 Å². The molecule has 1 aliphatic rings. The van der Waals surface area contributed by atoms with Crippen LogP contribution >= 0.6 is 11.8 Å². The molecule has 1 fully saturated rings. The van der Waals surface area contributed by atoms with Gasteiger partial charge in [-0.25, -0.2) is 8.42 Å². The Morgan fingerprint density at radius 3 is 2.37 bits per heavy atom. The molecular formula is C17H18N2O6S2. The second kappa shape index (κ2) is 7.75. The molecule has 0 amide bonds. The van der Waals surface area contributed by atoms with Crippen molar-refractivity contribution in [3.8, 4) is 11.5 Å². The van der Waals surface area contributed by atoms with Gasteiger partial charge >= 0.3 is 0 Å². The van der Waals surface area contributed by atoms with Crippen molar-refractivity contribution in [2.24, 2.45) is 0 Å². The summed E-state index contributed by atoms with van der Waals surface area (Å²) >= 11 is 1.51. The van der Waals surface area contributed by atoms with E-state index in [-0.39, 0.29) is 10.6 Å². The summed E-state index contributed by atoms with van der Waals surface area (Å²) in [4.78, 5) is 10.3. The molecule has 3 rings (SSSR count). The van der Waals surface area contributed by atoms with Crippen LogP contribution in [0.3, 0.4) is 0 Å². The Balaban J connectivity index is 1.94. The van der Waals surface area contributed by atoms with Crippen molar-refractivity contribution in [1.29, 1.82) is 0 Å². The maximum absolute atomic E-state index is 13.1. The van der Waals surface area contributed by atoms with Crippen LogP contribution < -0.4 is 9.47 Å². The fourth-order valence-electron chi connectivity index (χ4n) is 2.85. The number of methoxy groups -OCH3 is 2. The van der Waals surface area contributed by atoms with Crippen LogP contribution in [0, 0.1) is 10.1 Å². The minimum Gasteiger partial charge on any atom is -0.493 e. The van der Waals surface area contributed by atoms with Gasteiger partial charge in [-0.15, -0.1) is 11.8 Å². The first-order valence-corrected chi connectivity index (χ1v) is 10.5. The van der Waals surface area contributed by atoms with Crippen LogP contribution in [-0.4, -0.2) is 44.2 Å². The molecule has 0 aliphatic carbocycles. The Hall–Kier alpha value is -2.30. The number of thioether (sulfide) groups is 1. The first kappa shape index (κ1) is 19.5. The first-order chi connectivity index (χ1) is 12.9. The molecule has 0 spiro atoms. The molecule has 0 bridgehead atoms. The summed E-state index contributed by atoms with van der Waals surface area (Å²) in [5, 5.41) is 10.4. The molecule has 0 unspecified atom stereocenters. The Bertz CT molecular complexity index is 946. The zero-order valence-corrected chi connectivity index (χ0v) is 16.3. The summed E-state index contributed by atoms with van der Waals surface area (Å²) in [5.41, 5.74) is 0.627. The average molecular weight is 410 g/mol. The number of ether oxygens (including phenoxy) is 2. The smallest absolute Gasteiger partial charge is 0.269 e. The monoisotopic (exact) mass is 410 g/mol. The van der Waals surface area contributed by atoms with Crippen LogP contribution in [0.25, 0.3) is 0 Å². The van der Waals surface area contributed by atoms with Gasteiger partial charge in [-0.05, 0) is 29.8 Å². The molecule has 0 saturated carbocycles. The van der Waals surface area contributed by atoms with Gasteiger partial charge in [-0.2, -0.15) is 4.31 Å². The van der Waals surface area contributed by atoms with Crippen LogP contribution in [0.15, 0.2) is 47.4 Å². The summed E-state index contributed by atoms with van der Waals surface area (Å²) in [6.07, 6.45) is 0. The van der Waals surface area contributed by atoms with Gasteiger partial charge in [0.15, 0.2) is 11.5 Å². The Labute approximate surface area is 161 Å². The number of sulfonamides is 1. The molecule has 1 atom stereocenters. The van der Waals surface area contributed by atoms with Gasteiger partial charge in [0.1, 0.15) is 0 Å². The number of nitro groups is 1. The van der Waals surface area contributed by atoms with Crippen molar-refractivity contribution < 1.29 is 22.8 Å². The number of hydrogen-bond acceptors (Lipinski definition) is 7. The standard InChI is InChI=1S/C17H18N2O6S2/c1-24-15-8-3-12(11-16(15)25-2)17-18(9-10-26-17)27(22,23)14-6-4-13(5-7-14)19(20)21/h3-8,11,17H,9-10H2,1-2H3/t17-/m1/s1. The van der Waals surface area contributed by atoms with Crippen LogP contribution in [0.2, 0.25) is 0 Å². The van der Waals surface area contributed by atoms with E-state index < -0.39 is 20.3 Å². The van der Waals surface area contributed by atoms with Gasteiger partial charge in [-0.1, -0.05) is 6.07 Å². The van der Waals surface area contributed by atoms with Gasteiger partial charge in [0.05, 0.1) is 29.4 Å². The number of non-ortho nitro benzene ring substituents is 1. The SMILES string of the molecule is COc1ccc([C@H]2SCCN2S(=O)(=O)c2ccc([N+](=O)[O-])cc2)cc1OC. The van der Waals surface area contributed by atoms with E-state index in [2.05, 4.69) is 0 Å². The highest BCUT2D eigenvalue weighted by atomic mass is 32.2. The van der Waals surface area contributed by atoms with Crippen LogP contribution in [0.5, 0.6) is 11.5 Å². The second-order valence-electron chi connectivity index (χ2n) is 5.70. The molecule has 2 aromatic rings. The summed E-state index contributed by atoms with van der Waals surface area (Å²) in [7, 11) is -0.738. The maximum Gasteiger partial charge on any atom is 0.269 e. The molecule has 144 valence electrons. The topological polar surface area (TPSA) is 99.0 Å². The molecular weight excluding hydrogens is 392 g/mol. The van der Waals surface area contributed by atoms with Gasteiger partial charge in [0.25, 0.3) is 5.69 Å². The van der Waals surface area contributed by atoms with E-state index in [0.717, 1.165) is 5.56 Å². The lowest BCUT2D eigenvalue weighted by Gasteiger charge is -2.24. The van der Waals surface area contributed by atoms with Gasteiger partial charge in [0, 0.05) is 24.4 Å². The number of hydrogen-bond donors (Lipinski definition) is 0. The van der Waals surface area contributed by atoms with Crippen LogP contribution in [0.4, 0.5) is 5.69 Å². The van der Waals surface area contributed by atoms with Crippen molar-refractivity contribution in [3.63, 3.8) is 0 Å². The molecule has 8 nitrogen and oxygen atoms in total. The van der Waals surface area contributed by atoms with E-state index in [9.17, 15) is 18.5 Å². The Morgan fingerprint density at radius 2 is 1.78 bits per heavy atom. The zero-order chi connectivity index (χ0) is 19.6. The summed E-state index contributed by atoms with van der Waals surface area (Å²) < 4.78 is 38.1. The number of nitro benzene ring substituents is 1. The third-order valence-electron chi connectivity index (χ3n) is 4.20. The van der Waals surface area contributed by atoms with Gasteiger partial charge in [-0.3, -0.25) is 10.1 Å². The minimum atomic E-state index is -3.80. The molecule has 1 heterocycles. The van der Waals surface area contributed by atoms with E-state index in [1.54, 1.807) is 12.1 Å². The molecule has 10 heteroatoms. The fourth-order valence-corrected chi connectivity index (χ4v) is 6.08. The Morgan fingerprint density at radius 1 is 1.11 bits per heavy atom. The lowest BCUT2D eigenvalue weighted by molar-refractivity contribution is -0.384. The highest BCUT2D eigenvalue weighted by Gasteiger charge is 2.37. The fraction of sp³-hybridized carbons (Fsp3) is 0.294. The highest BCUT2D eigenvalue weighted by molar-refractivity contribution is 8.01. The lowest BCUT2D eigenvalue weighted by atomic mass is 10.2. The summed E-state index contributed by atoms with van der Waals surface area (Å²) in [5.74, 6) is 1.73. The number of nitrogens with zero attached hydrogens (tertiary/aromatic N) is 2. The van der Waals surface area contributed by atoms with E-state index in [1.165, 1.54) is 54.6 Å². The van der Waals surface area contributed by atoms with Crippen LogP contribution in [0.1, 0.15) is 10.9 Å². The van der Waals surface area contributed by atoms with Gasteiger partial charge < -0.3 is 9.47 Å². The number of rotatable bonds is 6. The van der Waals surface area contributed by atoms with Gasteiger partial charge in [0.2, 0.25) is 10.0 Å². The molecule has 27 heavy (non-hydrogen) atoms. The normalized spacial score (nSPS) is 17.6.